The fourth-order valence-electron chi connectivity index (χ4n) is 2.93. The molecule has 2 N–H and O–H groups in total. The molecule has 0 radical (unpaired) electrons. The Labute approximate surface area is 125 Å². The van der Waals surface area contributed by atoms with Crippen LogP contribution in [0.15, 0.2) is 48.5 Å². The van der Waals surface area contributed by atoms with Gasteiger partial charge in [0.2, 0.25) is 0 Å². The summed E-state index contributed by atoms with van der Waals surface area (Å²) in [7, 11) is 1.65. The minimum Gasteiger partial charge on any atom is -0.355 e. The van der Waals surface area contributed by atoms with Gasteiger partial charge in [0.1, 0.15) is 0 Å². The van der Waals surface area contributed by atoms with Crippen molar-refractivity contribution in [1.29, 1.82) is 0 Å². The number of rotatable bonds is 4. The highest BCUT2D eigenvalue weighted by Gasteiger charge is 2.20. The van der Waals surface area contributed by atoms with Gasteiger partial charge in [-0.2, -0.15) is 0 Å². The van der Waals surface area contributed by atoms with Gasteiger partial charge >= 0.3 is 0 Å². The van der Waals surface area contributed by atoms with Gasteiger partial charge in [-0.25, -0.2) is 0 Å². The summed E-state index contributed by atoms with van der Waals surface area (Å²) in [4.78, 5) is 11.5. The molecule has 1 unspecified atom stereocenters. The molecule has 0 fully saturated rings. The second-order valence-corrected chi connectivity index (χ2v) is 5.45. The summed E-state index contributed by atoms with van der Waals surface area (Å²) in [5, 5.41) is 6.25. The van der Waals surface area contributed by atoms with E-state index in [2.05, 4.69) is 34.9 Å². The van der Waals surface area contributed by atoms with E-state index in [4.69, 9.17) is 0 Å². The van der Waals surface area contributed by atoms with E-state index in [1.165, 1.54) is 16.7 Å². The van der Waals surface area contributed by atoms with Crippen LogP contribution in [0.3, 0.4) is 0 Å². The molecule has 0 aromatic heterocycles. The van der Waals surface area contributed by atoms with E-state index in [1.807, 2.05) is 24.3 Å². The molecule has 0 bridgehead atoms. The Morgan fingerprint density at radius 2 is 1.90 bits per heavy atom. The van der Waals surface area contributed by atoms with Gasteiger partial charge in [0.25, 0.3) is 5.91 Å². The Hall–Kier alpha value is -2.13. The monoisotopic (exact) mass is 280 g/mol. The first-order valence-corrected chi connectivity index (χ1v) is 7.40. The van der Waals surface area contributed by atoms with Crippen molar-refractivity contribution in [3.05, 3.63) is 70.8 Å². The maximum Gasteiger partial charge on any atom is 0.251 e. The van der Waals surface area contributed by atoms with Crippen LogP contribution >= 0.6 is 0 Å². The third kappa shape index (κ3) is 2.98. The SMILES string of the molecule is CNC(=O)c1ccc(CNC2CCc3ccccc32)cc1. The maximum atomic E-state index is 11.5. The zero-order chi connectivity index (χ0) is 14.7. The van der Waals surface area contributed by atoms with Crippen LogP contribution in [0.5, 0.6) is 0 Å². The van der Waals surface area contributed by atoms with Crippen molar-refractivity contribution < 1.29 is 4.79 Å². The van der Waals surface area contributed by atoms with Crippen molar-refractivity contribution in [2.24, 2.45) is 0 Å². The van der Waals surface area contributed by atoms with E-state index in [9.17, 15) is 4.79 Å². The molecule has 21 heavy (non-hydrogen) atoms. The largest absolute Gasteiger partial charge is 0.355 e. The van der Waals surface area contributed by atoms with Gasteiger partial charge in [0, 0.05) is 25.2 Å². The molecule has 108 valence electrons. The Morgan fingerprint density at radius 3 is 2.67 bits per heavy atom. The van der Waals surface area contributed by atoms with Gasteiger partial charge in [-0.1, -0.05) is 36.4 Å². The Balaban J connectivity index is 1.62. The van der Waals surface area contributed by atoms with E-state index < -0.39 is 0 Å². The number of carbonyl (C=O) groups excluding carboxylic acids is 1. The Kier molecular flexibility index (Phi) is 4.02. The third-order valence-corrected chi connectivity index (χ3v) is 4.13. The third-order valence-electron chi connectivity index (χ3n) is 4.13. The van der Waals surface area contributed by atoms with Gasteiger partial charge in [-0.05, 0) is 41.7 Å². The van der Waals surface area contributed by atoms with Crippen molar-refractivity contribution in [1.82, 2.24) is 10.6 Å². The number of nitrogens with one attached hydrogen (secondary N) is 2. The van der Waals surface area contributed by atoms with Gasteiger partial charge in [-0.15, -0.1) is 0 Å². The first-order chi connectivity index (χ1) is 10.3. The van der Waals surface area contributed by atoms with Gasteiger partial charge in [-0.3, -0.25) is 4.79 Å². The molecule has 1 aliphatic rings. The van der Waals surface area contributed by atoms with Crippen molar-refractivity contribution in [2.45, 2.75) is 25.4 Å². The van der Waals surface area contributed by atoms with Crippen molar-refractivity contribution in [2.75, 3.05) is 7.05 Å². The molecule has 1 aliphatic carbocycles. The predicted octanol–water partition coefficient (Wildman–Crippen LogP) is 2.82. The lowest BCUT2D eigenvalue weighted by atomic mass is 10.1. The van der Waals surface area contributed by atoms with E-state index in [-0.39, 0.29) is 5.91 Å². The molecule has 2 aromatic rings. The lowest BCUT2D eigenvalue weighted by Crippen LogP contribution is -2.19. The van der Waals surface area contributed by atoms with Crippen LogP contribution in [-0.4, -0.2) is 13.0 Å². The molecular weight excluding hydrogens is 260 g/mol. The van der Waals surface area contributed by atoms with Crippen LogP contribution in [0, 0.1) is 0 Å². The average molecular weight is 280 g/mol. The minimum atomic E-state index is -0.0424. The summed E-state index contributed by atoms with van der Waals surface area (Å²) in [6.07, 6.45) is 2.32. The van der Waals surface area contributed by atoms with Crippen molar-refractivity contribution in [3.8, 4) is 0 Å². The van der Waals surface area contributed by atoms with Crippen LogP contribution in [0.25, 0.3) is 0 Å². The van der Waals surface area contributed by atoms with Crippen LogP contribution in [0.1, 0.15) is 39.5 Å². The van der Waals surface area contributed by atoms with Crippen molar-refractivity contribution >= 4 is 5.91 Å². The first-order valence-electron chi connectivity index (χ1n) is 7.40. The lowest BCUT2D eigenvalue weighted by Gasteiger charge is -2.14. The summed E-state index contributed by atoms with van der Waals surface area (Å²) in [6.45, 7) is 0.826. The molecule has 0 saturated carbocycles. The van der Waals surface area contributed by atoms with E-state index in [1.54, 1.807) is 7.05 Å². The fourth-order valence-corrected chi connectivity index (χ4v) is 2.93. The summed E-state index contributed by atoms with van der Waals surface area (Å²) in [6, 6.07) is 16.9. The zero-order valence-electron chi connectivity index (χ0n) is 12.2. The van der Waals surface area contributed by atoms with Crippen LogP contribution in [0.2, 0.25) is 0 Å². The average Bonchev–Trinajstić information content (AvgIpc) is 2.96. The van der Waals surface area contributed by atoms with Gasteiger partial charge < -0.3 is 10.6 Å². The smallest absolute Gasteiger partial charge is 0.251 e. The molecule has 2 aromatic carbocycles. The molecule has 3 nitrogen and oxygen atoms in total. The number of amides is 1. The quantitative estimate of drug-likeness (QED) is 0.904. The molecule has 0 aliphatic heterocycles. The zero-order valence-corrected chi connectivity index (χ0v) is 12.2. The number of carbonyl (C=O) groups is 1. The molecular formula is C18H20N2O. The molecule has 1 atom stereocenters. The summed E-state index contributed by atoms with van der Waals surface area (Å²) in [5.74, 6) is -0.0424. The molecule has 0 heterocycles. The number of hydrogen-bond donors (Lipinski definition) is 2. The number of aryl methyl sites for hydroxylation is 1. The van der Waals surface area contributed by atoms with Gasteiger partial charge in [0.05, 0.1) is 0 Å². The van der Waals surface area contributed by atoms with Gasteiger partial charge in [0.15, 0.2) is 0 Å². The number of hydrogen-bond acceptors (Lipinski definition) is 2. The normalized spacial score (nSPS) is 16.5. The van der Waals surface area contributed by atoms with Crippen molar-refractivity contribution in [3.63, 3.8) is 0 Å². The topological polar surface area (TPSA) is 41.1 Å². The molecule has 3 rings (SSSR count). The summed E-state index contributed by atoms with van der Waals surface area (Å²) in [5.41, 5.74) is 4.80. The van der Waals surface area contributed by atoms with E-state index in [0.29, 0.717) is 11.6 Å². The highest BCUT2D eigenvalue weighted by Crippen LogP contribution is 2.30. The lowest BCUT2D eigenvalue weighted by molar-refractivity contribution is 0.0963. The van der Waals surface area contributed by atoms with Crippen LogP contribution in [-0.2, 0) is 13.0 Å². The second kappa shape index (κ2) is 6.10. The summed E-state index contributed by atoms with van der Waals surface area (Å²) < 4.78 is 0. The Morgan fingerprint density at radius 1 is 1.14 bits per heavy atom. The highest BCUT2D eigenvalue weighted by atomic mass is 16.1. The maximum absolute atomic E-state index is 11.5. The molecule has 3 heteroatoms. The Bertz CT molecular complexity index is 634. The minimum absolute atomic E-state index is 0.0424. The van der Waals surface area contributed by atoms with E-state index in [0.717, 1.165) is 19.4 Å². The number of fused-ring (bicyclic) bond motifs is 1. The molecule has 1 amide bonds. The second-order valence-electron chi connectivity index (χ2n) is 5.45. The van der Waals surface area contributed by atoms with Crippen LogP contribution < -0.4 is 10.6 Å². The number of benzene rings is 2. The predicted molar refractivity (Wildman–Crippen MR) is 84.2 cm³/mol. The fraction of sp³-hybridized carbons (Fsp3) is 0.278. The molecule has 0 spiro atoms. The highest BCUT2D eigenvalue weighted by molar-refractivity contribution is 5.93. The molecule has 0 saturated heterocycles. The standard InChI is InChI=1S/C18H20N2O/c1-19-18(21)15-8-6-13(7-9-15)12-20-17-11-10-14-4-2-3-5-16(14)17/h2-9,17,20H,10-12H2,1H3,(H,19,21). The summed E-state index contributed by atoms with van der Waals surface area (Å²) >= 11 is 0. The first kappa shape index (κ1) is 13.8. The van der Waals surface area contributed by atoms with E-state index >= 15 is 0 Å². The van der Waals surface area contributed by atoms with Crippen LogP contribution in [0.4, 0.5) is 0 Å².